The van der Waals surface area contributed by atoms with Gasteiger partial charge in [-0.2, -0.15) is 0 Å². The molecular weight excluding hydrogens is 443 g/mol. The lowest BCUT2D eigenvalue weighted by molar-refractivity contribution is 0.0636. The molecule has 0 unspecified atom stereocenters. The number of carbonyl (C=O) groups excluding carboxylic acids is 1. The Morgan fingerprint density at radius 2 is 1.88 bits per heavy atom. The molecule has 7 heteroatoms. The average molecular weight is 474 g/mol. The molecular formula is C19H31IN4O2. The van der Waals surface area contributed by atoms with Crippen LogP contribution in [0.15, 0.2) is 41.9 Å². The van der Waals surface area contributed by atoms with E-state index in [0.717, 1.165) is 24.5 Å². The van der Waals surface area contributed by atoms with Crippen LogP contribution < -0.4 is 16.0 Å². The molecule has 1 aromatic carbocycles. The summed E-state index contributed by atoms with van der Waals surface area (Å²) in [5.41, 5.74) is 1.35. The fourth-order valence-electron chi connectivity index (χ4n) is 1.98. The van der Waals surface area contributed by atoms with E-state index in [1.165, 1.54) is 0 Å². The lowest BCUT2D eigenvalue weighted by atomic mass is 10.1. The zero-order valence-corrected chi connectivity index (χ0v) is 18.4. The molecule has 0 fully saturated rings. The van der Waals surface area contributed by atoms with Crippen molar-refractivity contribution in [3.05, 3.63) is 42.5 Å². The van der Waals surface area contributed by atoms with Gasteiger partial charge in [0.1, 0.15) is 5.60 Å². The van der Waals surface area contributed by atoms with Gasteiger partial charge >= 0.3 is 6.09 Å². The number of anilines is 1. The van der Waals surface area contributed by atoms with Crippen LogP contribution in [0.2, 0.25) is 0 Å². The van der Waals surface area contributed by atoms with Crippen molar-refractivity contribution < 1.29 is 9.53 Å². The number of ether oxygens (including phenoxy) is 1. The molecule has 26 heavy (non-hydrogen) atoms. The van der Waals surface area contributed by atoms with Crippen molar-refractivity contribution in [3.63, 3.8) is 0 Å². The highest BCUT2D eigenvalue weighted by Crippen LogP contribution is 2.13. The van der Waals surface area contributed by atoms with Crippen LogP contribution in [0.1, 0.15) is 33.3 Å². The van der Waals surface area contributed by atoms with Crippen LogP contribution in [0, 0.1) is 0 Å². The van der Waals surface area contributed by atoms with Gasteiger partial charge in [-0.25, -0.2) is 4.79 Å². The van der Waals surface area contributed by atoms with Crippen LogP contribution >= 0.6 is 24.0 Å². The molecule has 0 aromatic heterocycles. The Labute approximate surface area is 173 Å². The molecule has 0 heterocycles. The summed E-state index contributed by atoms with van der Waals surface area (Å²) in [6, 6.07) is 7.69. The van der Waals surface area contributed by atoms with Crippen molar-refractivity contribution in [2.45, 2.75) is 39.7 Å². The van der Waals surface area contributed by atoms with E-state index < -0.39 is 11.7 Å². The largest absolute Gasteiger partial charge is 0.444 e. The summed E-state index contributed by atoms with van der Waals surface area (Å²) >= 11 is 0. The monoisotopic (exact) mass is 474 g/mol. The second-order valence-corrected chi connectivity index (χ2v) is 6.50. The third-order valence-electron chi connectivity index (χ3n) is 3.03. The molecule has 0 aliphatic heterocycles. The van der Waals surface area contributed by atoms with Crippen LogP contribution in [0.25, 0.3) is 0 Å². The van der Waals surface area contributed by atoms with Crippen LogP contribution in [0.4, 0.5) is 10.5 Å². The van der Waals surface area contributed by atoms with E-state index >= 15 is 0 Å². The quantitative estimate of drug-likeness (QED) is 0.242. The number of nitrogens with zero attached hydrogens (tertiary/aromatic N) is 1. The van der Waals surface area contributed by atoms with Gasteiger partial charge in [0.25, 0.3) is 0 Å². The summed E-state index contributed by atoms with van der Waals surface area (Å²) in [7, 11) is 0. The van der Waals surface area contributed by atoms with Crippen molar-refractivity contribution in [1.82, 2.24) is 10.6 Å². The minimum atomic E-state index is -0.508. The maximum Gasteiger partial charge on any atom is 0.412 e. The number of aliphatic imine (C=N–C) groups is 1. The molecule has 0 atom stereocenters. The SMILES string of the molecule is C=CCNC(=NCCc1ccc(NC(=O)OC(C)(C)C)cc1)NCC.I. The van der Waals surface area contributed by atoms with Gasteiger partial charge in [0.05, 0.1) is 0 Å². The van der Waals surface area contributed by atoms with Crippen molar-refractivity contribution in [3.8, 4) is 0 Å². The summed E-state index contributed by atoms with van der Waals surface area (Å²) in [5, 5.41) is 9.07. The lowest BCUT2D eigenvalue weighted by Gasteiger charge is -2.19. The van der Waals surface area contributed by atoms with Gasteiger partial charge in [0, 0.05) is 25.3 Å². The van der Waals surface area contributed by atoms with Crippen molar-refractivity contribution in [2.24, 2.45) is 4.99 Å². The predicted octanol–water partition coefficient (Wildman–Crippen LogP) is 3.94. The first kappa shape index (κ1) is 24.2. The van der Waals surface area contributed by atoms with Gasteiger partial charge in [-0.05, 0) is 51.8 Å². The normalized spacial score (nSPS) is 11.2. The van der Waals surface area contributed by atoms with Gasteiger partial charge in [0.2, 0.25) is 0 Å². The third kappa shape index (κ3) is 11.0. The van der Waals surface area contributed by atoms with Crippen LogP contribution in [0.3, 0.4) is 0 Å². The molecule has 0 saturated carbocycles. The first-order valence-electron chi connectivity index (χ1n) is 8.56. The minimum absolute atomic E-state index is 0. The Hall–Kier alpha value is -1.77. The highest BCUT2D eigenvalue weighted by atomic mass is 127. The second-order valence-electron chi connectivity index (χ2n) is 6.50. The number of halogens is 1. The number of amides is 1. The molecule has 146 valence electrons. The summed E-state index contributed by atoms with van der Waals surface area (Å²) in [6.07, 6.45) is 2.16. The van der Waals surface area contributed by atoms with Crippen LogP contribution in [-0.4, -0.2) is 37.3 Å². The van der Waals surface area contributed by atoms with E-state index in [2.05, 4.69) is 27.5 Å². The van der Waals surface area contributed by atoms with E-state index in [-0.39, 0.29) is 24.0 Å². The van der Waals surface area contributed by atoms with Crippen LogP contribution in [-0.2, 0) is 11.2 Å². The maximum absolute atomic E-state index is 11.7. The van der Waals surface area contributed by atoms with E-state index in [1.54, 1.807) is 6.08 Å². The molecule has 1 aromatic rings. The molecule has 1 amide bonds. The number of guanidine groups is 1. The summed E-state index contributed by atoms with van der Waals surface area (Å²) in [6.45, 7) is 13.4. The van der Waals surface area contributed by atoms with Crippen molar-refractivity contribution in [1.29, 1.82) is 0 Å². The molecule has 1 rings (SSSR count). The van der Waals surface area contributed by atoms with Gasteiger partial charge in [-0.15, -0.1) is 30.6 Å². The third-order valence-corrected chi connectivity index (χ3v) is 3.03. The maximum atomic E-state index is 11.7. The number of carbonyl (C=O) groups is 1. The fourth-order valence-corrected chi connectivity index (χ4v) is 1.98. The summed E-state index contributed by atoms with van der Waals surface area (Å²) in [4.78, 5) is 16.3. The van der Waals surface area contributed by atoms with E-state index in [4.69, 9.17) is 4.74 Å². The Kier molecular flexibility index (Phi) is 11.7. The van der Waals surface area contributed by atoms with Crippen molar-refractivity contribution in [2.75, 3.05) is 25.0 Å². The first-order chi connectivity index (χ1) is 11.8. The zero-order chi connectivity index (χ0) is 18.7. The highest BCUT2D eigenvalue weighted by Gasteiger charge is 2.15. The Balaban J connectivity index is 0.00000625. The van der Waals surface area contributed by atoms with Gasteiger partial charge < -0.3 is 15.4 Å². The fraction of sp³-hybridized carbons (Fsp3) is 0.474. The highest BCUT2D eigenvalue weighted by molar-refractivity contribution is 14.0. The Bertz CT molecular complexity index is 580. The molecule has 0 bridgehead atoms. The lowest BCUT2D eigenvalue weighted by Crippen LogP contribution is -2.37. The predicted molar refractivity (Wildman–Crippen MR) is 120 cm³/mol. The smallest absolute Gasteiger partial charge is 0.412 e. The number of hydrogen-bond donors (Lipinski definition) is 3. The standard InChI is InChI=1S/C19H30N4O2.HI/c1-6-13-21-17(20-7-2)22-14-12-15-8-10-16(11-9-15)23-18(24)25-19(3,4)5;/h6,8-11H,1,7,12-14H2,2-5H3,(H,23,24)(H2,20,21,22);1H. The first-order valence-corrected chi connectivity index (χ1v) is 8.56. The number of hydrogen-bond acceptors (Lipinski definition) is 3. The average Bonchev–Trinajstić information content (AvgIpc) is 2.52. The Morgan fingerprint density at radius 3 is 2.42 bits per heavy atom. The number of nitrogens with one attached hydrogen (secondary N) is 3. The van der Waals surface area contributed by atoms with E-state index in [9.17, 15) is 4.79 Å². The molecule has 0 aliphatic carbocycles. The van der Waals surface area contributed by atoms with Gasteiger partial charge in [0.15, 0.2) is 5.96 Å². The molecule has 3 N–H and O–H groups in total. The van der Waals surface area contributed by atoms with E-state index in [0.29, 0.717) is 18.8 Å². The second kappa shape index (κ2) is 12.6. The molecule has 6 nitrogen and oxygen atoms in total. The number of benzene rings is 1. The molecule has 0 saturated heterocycles. The molecule has 0 spiro atoms. The van der Waals surface area contributed by atoms with Gasteiger partial charge in [-0.3, -0.25) is 10.3 Å². The van der Waals surface area contributed by atoms with Crippen molar-refractivity contribution >= 4 is 41.7 Å². The zero-order valence-electron chi connectivity index (χ0n) is 16.1. The molecule has 0 aliphatic rings. The Morgan fingerprint density at radius 1 is 1.23 bits per heavy atom. The van der Waals surface area contributed by atoms with Gasteiger partial charge in [-0.1, -0.05) is 18.2 Å². The summed E-state index contributed by atoms with van der Waals surface area (Å²) < 4.78 is 5.23. The topological polar surface area (TPSA) is 74.8 Å². The minimum Gasteiger partial charge on any atom is -0.444 e. The van der Waals surface area contributed by atoms with E-state index in [1.807, 2.05) is 52.0 Å². The number of rotatable bonds is 7. The summed E-state index contributed by atoms with van der Waals surface area (Å²) in [5.74, 6) is 0.783. The van der Waals surface area contributed by atoms with Crippen LogP contribution in [0.5, 0.6) is 0 Å². The molecule has 0 radical (unpaired) electrons.